The Balaban J connectivity index is 1.66. The molecule has 2 N–H and O–H groups in total. The van der Waals surface area contributed by atoms with Crippen molar-refractivity contribution >= 4 is 5.91 Å². The summed E-state index contributed by atoms with van der Waals surface area (Å²) in [6.07, 6.45) is 0.829. The Morgan fingerprint density at radius 1 is 1.09 bits per heavy atom. The molecule has 0 radical (unpaired) electrons. The number of carbonyl (C=O) groups is 1. The van der Waals surface area contributed by atoms with Gasteiger partial charge in [-0.2, -0.15) is 0 Å². The van der Waals surface area contributed by atoms with E-state index in [0.717, 1.165) is 29.8 Å². The molecule has 0 atom stereocenters. The lowest BCUT2D eigenvalue weighted by atomic mass is 10.1. The lowest BCUT2D eigenvalue weighted by molar-refractivity contribution is -0.120. The van der Waals surface area contributed by atoms with Gasteiger partial charge in [0.25, 0.3) is 0 Å². The number of amides is 1. The first kappa shape index (κ1) is 17.0. The Morgan fingerprint density at radius 2 is 1.83 bits per heavy atom. The molecule has 0 spiro atoms. The third kappa shape index (κ3) is 5.75. The van der Waals surface area contributed by atoms with Crippen molar-refractivity contribution in [2.24, 2.45) is 0 Å². The Labute approximate surface area is 137 Å². The predicted molar refractivity (Wildman–Crippen MR) is 92.6 cm³/mol. The van der Waals surface area contributed by atoms with E-state index in [2.05, 4.69) is 10.6 Å². The molecule has 2 aromatic rings. The maximum absolute atomic E-state index is 11.8. The van der Waals surface area contributed by atoms with Crippen LogP contribution < -0.4 is 15.4 Å². The zero-order valence-corrected chi connectivity index (χ0v) is 13.8. The van der Waals surface area contributed by atoms with Gasteiger partial charge < -0.3 is 15.4 Å². The largest absolute Gasteiger partial charge is 0.496 e. The van der Waals surface area contributed by atoms with Gasteiger partial charge in [-0.05, 0) is 37.1 Å². The van der Waals surface area contributed by atoms with Gasteiger partial charge in [0, 0.05) is 6.54 Å². The van der Waals surface area contributed by atoms with Crippen molar-refractivity contribution in [2.45, 2.75) is 19.9 Å². The van der Waals surface area contributed by atoms with E-state index in [0.29, 0.717) is 13.1 Å². The van der Waals surface area contributed by atoms with Crippen molar-refractivity contribution in [1.82, 2.24) is 10.6 Å². The van der Waals surface area contributed by atoms with Crippen molar-refractivity contribution in [1.29, 1.82) is 0 Å². The lowest BCUT2D eigenvalue weighted by Crippen LogP contribution is -2.34. The molecule has 0 saturated carbocycles. The summed E-state index contributed by atoms with van der Waals surface area (Å²) in [6, 6.07) is 16.1. The first-order valence-corrected chi connectivity index (χ1v) is 7.84. The Kier molecular flexibility index (Phi) is 6.63. The van der Waals surface area contributed by atoms with Crippen LogP contribution in [-0.2, 0) is 17.8 Å². The van der Waals surface area contributed by atoms with Crippen molar-refractivity contribution in [3.8, 4) is 5.75 Å². The van der Waals surface area contributed by atoms with Gasteiger partial charge in [0.15, 0.2) is 0 Å². The topological polar surface area (TPSA) is 50.4 Å². The molecule has 23 heavy (non-hydrogen) atoms. The van der Waals surface area contributed by atoms with Gasteiger partial charge in [0.1, 0.15) is 5.75 Å². The van der Waals surface area contributed by atoms with Gasteiger partial charge in [-0.15, -0.1) is 0 Å². The molecule has 0 bridgehead atoms. The third-order valence-electron chi connectivity index (χ3n) is 3.66. The normalized spacial score (nSPS) is 10.3. The van der Waals surface area contributed by atoms with Crippen LogP contribution in [0.5, 0.6) is 5.75 Å². The molecule has 2 aromatic carbocycles. The summed E-state index contributed by atoms with van der Waals surface area (Å²) in [5, 5.41) is 6.08. The number of nitrogens with one attached hydrogen (secondary N) is 2. The minimum atomic E-state index is 0.00519. The second-order valence-corrected chi connectivity index (χ2v) is 5.50. The van der Waals surface area contributed by atoms with Crippen LogP contribution in [0.3, 0.4) is 0 Å². The predicted octanol–water partition coefficient (Wildman–Crippen LogP) is 2.45. The van der Waals surface area contributed by atoms with Crippen LogP contribution >= 0.6 is 0 Å². The van der Waals surface area contributed by atoms with Crippen LogP contribution in [0.15, 0.2) is 48.5 Å². The zero-order chi connectivity index (χ0) is 16.5. The molecule has 0 aliphatic carbocycles. The molecule has 0 unspecified atom stereocenters. The average Bonchev–Trinajstić information content (AvgIpc) is 2.58. The average molecular weight is 312 g/mol. The van der Waals surface area contributed by atoms with E-state index in [4.69, 9.17) is 4.74 Å². The van der Waals surface area contributed by atoms with Crippen molar-refractivity contribution in [2.75, 3.05) is 20.2 Å². The van der Waals surface area contributed by atoms with Gasteiger partial charge in [0.2, 0.25) is 5.91 Å². The van der Waals surface area contributed by atoms with Crippen LogP contribution in [0.25, 0.3) is 0 Å². The summed E-state index contributed by atoms with van der Waals surface area (Å²) in [4.78, 5) is 11.8. The maximum Gasteiger partial charge on any atom is 0.234 e. The van der Waals surface area contributed by atoms with Gasteiger partial charge >= 0.3 is 0 Å². The minimum absolute atomic E-state index is 0.00519. The number of methoxy groups -OCH3 is 1. The molecular weight excluding hydrogens is 288 g/mol. The number of benzene rings is 2. The first-order chi connectivity index (χ1) is 11.2. The third-order valence-corrected chi connectivity index (χ3v) is 3.66. The second-order valence-electron chi connectivity index (χ2n) is 5.50. The zero-order valence-electron chi connectivity index (χ0n) is 13.8. The van der Waals surface area contributed by atoms with Crippen LogP contribution in [-0.4, -0.2) is 26.1 Å². The highest BCUT2D eigenvalue weighted by molar-refractivity contribution is 5.77. The van der Waals surface area contributed by atoms with E-state index in [9.17, 15) is 4.79 Å². The number of hydrogen-bond acceptors (Lipinski definition) is 3. The summed E-state index contributed by atoms with van der Waals surface area (Å²) in [7, 11) is 1.67. The second kappa shape index (κ2) is 8.96. The molecule has 0 aliphatic rings. The van der Waals surface area contributed by atoms with E-state index in [1.165, 1.54) is 5.56 Å². The van der Waals surface area contributed by atoms with E-state index in [1.807, 2.05) is 55.5 Å². The van der Waals surface area contributed by atoms with Crippen LogP contribution in [0.4, 0.5) is 0 Å². The van der Waals surface area contributed by atoms with Crippen molar-refractivity contribution in [3.63, 3.8) is 0 Å². The fraction of sp³-hybridized carbons (Fsp3) is 0.316. The lowest BCUT2D eigenvalue weighted by Gasteiger charge is -2.09. The van der Waals surface area contributed by atoms with E-state index >= 15 is 0 Å². The fourth-order valence-corrected chi connectivity index (χ4v) is 2.30. The molecule has 0 heterocycles. The number of carbonyl (C=O) groups excluding carboxylic acids is 1. The van der Waals surface area contributed by atoms with E-state index in [-0.39, 0.29) is 5.91 Å². The highest BCUT2D eigenvalue weighted by atomic mass is 16.5. The number of rotatable bonds is 8. The van der Waals surface area contributed by atoms with Crippen LogP contribution in [0.2, 0.25) is 0 Å². The van der Waals surface area contributed by atoms with Gasteiger partial charge in [-0.1, -0.05) is 48.0 Å². The number of ether oxygens (including phenoxy) is 1. The Hall–Kier alpha value is -2.33. The molecule has 0 aromatic heterocycles. The van der Waals surface area contributed by atoms with Gasteiger partial charge in [-0.25, -0.2) is 0 Å². The maximum atomic E-state index is 11.8. The minimum Gasteiger partial charge on any atom is -0.496 e. The molecular formula is C19H24N2O2. The number of aryl methyl sites for hydroxylation is 1. The van der Waals surface area contributed by atoms with Gasteiger partial charge in [0.05, 0.1) is 13.7 Å². The number of para-hydroxylation sites is 1. The summed E-state index contributed by atoms with van der Waals surface area (Å²) in [6.45, 7) is 3.67. The Morgan fingerprint density at radius 3 is 2.57 bits per heavy atom. The SMILES string of the molecule is COc1ccccc1CCNCC(=O)NCc1ccc(C)cc1. The van der Waals surface area contributed by atoms with E-state index < -0.39 is 0 Å². The van der Waals surface area contributed by atoms with Crippen LogP contribution in [0, 0.1) is 6.92 Å². The molecule has 0 fully saturated rings. The van der Waals surface area contributed by atoms with E-state index in [1.54, 1.807) is 7.11 Å². The molecule has 0 saturated heterocycles. The van der Waals surface area contributed by atoms with Gasteiger partial charge in [-0.3, -0.25) is 4.79 Å². The summed E-state index contributed by atoms with van der Waals surface area (Å²) < 4.78 is 5.31. The first-order valence-electron chi connectivity index (χ1n) is 7.84. The smallest absolute Gasteiger partial charge is 0.234 e. The standard InChI is InChI=1S/C19H24N2O2/c1-15-7-9-16(10-8-15)13-21-19(22)14-20-12-11-17-5-3-4-6-18(17)23-2/h3-10,20H,11-14H2,1-2H3,(H,21,22). The molecule has 4 heteroatoms. The van der Waals surface area contributed by atoms with Crippen molar-refractivity contribution in [3.05, 3.63) is 65.2 Å². The fourth-order valence-electron chi connectivity index (χ4n) is 2.30. The van der Waals surface area contributed by atoms with Crippen LogP contribution in [0.1, 0.15) is 16.7 Å². The molecule has 2 rings (SSSR count). The molecule has 1 amide bonds. The highest BCUT2D eigenvalue weighted by Gasteiger charge is 2.03. The van der Waals surface area contributed by atoms with Crippen molar-refractivity contribution < 1.29 is 9.53 Å². The molecule has 4 nitrogen and oxygen atoms in total. The Bertz CT molecular complexity index is 624. The molecule has 0 aliphatic heterocycles. The summed E-state index contributed by atoms with van der Waals surface area (Å²) >= 11 is 0. The number of hydrogen-bond donors (Lipinski definition) is 2. The quantitative estimate of drug-likeness (QED) is 0.736. The monoisotopic (exact) mass is 312 g/mol. The highest BCUT2D eigenvalue weighted by Crippen LogP contribution is 2.17. The summed E-state index contributed by atoms with van der Waals surface area (Å²) in [5.41, 5.74) is 3.47. The molecule has 122 valence electrons. The summed E-state index contributed by atoms with van der Waals surface area (Å²) in [5.74, 6) is 0.892.